The van der Waals surface area contributed by atoms with E-state index in [4.69, 9.17) is 9.97 Å². The number of anilines is 1. The minimum Gasteiger partial charge on any atom is -0.344 e. The molecule has 32 heavy (non-hydrogen) atoms. The van der Waals surface area contributed by atoms with Gasteiger partial charge in [-0.1, -0.05) is 13.8 Å². The van der Waals surface area contributed by atoms with E-state index in [0.29, 0.717) is 17.4 Å². The molecule has 0 N–H and O–H groups in total. The average molecular weight is 447 g/mol. The molecule has 0 spiro atoms. The minimum absolute atomic E-state index is 0.0794. The van der Waals surface area contributed by atoms with Gasteiger partial charge in [0, 0.05) is 36.3 Å². The van der Waals surface area contributed by atoms with E-state index in [2.05, 4.69) is 50.4 Å². The molecular weight excluding hydrogens is 420 g/mol. The first kappa shape index (κ1) is 19.7. The highest BCUT2D eigenvalue weighted by Crippen LogP contribution is 2.43. The standard InChI is InChI=1S/C23H26N8S/c1-13(2)20-28-29-21-14(3)30(10-11-31(20)21)22-18-15-6-4-5-7-17(15)32-23(18)27-19(26-22)16-12-24-8-9-25-16/h8-9,12-14H,4-7,10-11H2,1-3H3. The highest BCUT2D eigenvalue weighted by Gasteiger charge is 2.33. The van der Waals surface area contributed by atoms with E-state index in [0.717, 1.165) is 48.2 Å². The molecule has 5 heterocycles. The van der Waals surface area contributed by atoms with E-state index in [-0.39, 0.29) is 6.04 Å². The van der Waals surface area contributed by atoms with Crippen molar-refractivity contribution in [2.45, 2.75) is 65.0 Å². The van der Waals surface area contributed by atoms with Crippen molar-refractivity contribution in [3.63, 3.8) is 0 Å². The third-order valence-electron chi connectivity index (χ3n) is 6.59. The van der Waals surface area contributed by atoms with Gasteiger partial charge in [-0.3, -0.25) is 4.98 Å². The smallest absolute Gasteiger partial charge is 0.183 e. The molecule has 1 unspecified atom stereocenters. The molecule has 4 aromatic rings. The quantitative estimate of drug-likeness (QED) is 0.463. The Bertz CT molecular complexity index is 1290. The highest BCUT2D eigenvalue weighted by molar-refractivity contribution is 7.19. The minimum atomic E-state index is 0.0794. The van der Waals surface area contributed by atoms with E-state index in [1.165, 1.54) is 28.7 Å². The van der Waals surface area contributed by atoms with Crippen molar-refractivity contribution in [2.24, 2.45) is 0 Å². The van der Waals surface area contributed by atoms with E-state index in [9.17, 15) is 0 Å². The summed E-state index contributed by atoms with van der Waals surface area (Å²) in [6.07, 6.45) is 9.83. The molecule has 9 heteroatoms. The lowest BCUT2D eigenvalue weighted by Crippen LogP contribution is -2.38. The summed E-state index contributed by atoms with van der Waals surface area (Å²) in [6.45, 7) is 8.28. The van der Waals surface area contributed by atoms with Gasteiger partial charge in [-0.2, -0.15) is 0 Å². The number of nitrogens with zero attached hydrogens (tertiary/aromatic N) is 8. The van der Waals surface area contributed by atoms with Crippen LogP contribution in [-0.4, -0.2) is 41.2 Å². The molecule has 0 amide bonds. The molecule has 1 atom stereocenters. The number of hydrogen-bond acceptors (Lipinski definition) is 8. The molecule has 164 valence electrons. The monoisotopic (exact) mass is 446 g/mol. The number of aryl methyl sites for hydroxylation is 2. The van der Waals surface area contributed by atoms with Crippen LogP contribution in [0.3, 0.4) is 0 Å². The van der Waals surface area contributed by atoms with Gasteiger partial charge in [-0.25, -0.2) is 15.0 Å². The third kappa shape index (κ3) is 3.02. The fourth-order valence-electron chi connectivity index (χ4n) is 5.00. The molecule has 0 radical (unpaired) electrons. The van der Waals surface area contributed by atoms with Gasteiger partial charge < -0.3 is 9.47 Å². The fraction of sp³-hybridized carbons (Fsp3) is 0.478. The van der Waals surface area contributed by atoms with E-state index < -0.39 is 0 Å². The lowest BCUT2D eigenvalue weighted by molar-refractivity contribution is 0.478. The van der Waals surface area contributed by atoms with Crippen LogP contribution >= 0.6 is 11.3 Å². The van der Waals surface area contributed by atoms with Gasteiger partial charge in [0.2, 0.25) is 0 Å². The zero-order chi connectivity index (χ0) is 21.8. The van der Waals surface area contributed by atoms with Crippen molar-refractivity contribution in [2.75, 3.05) is 11.4 Å². The molecule has 0 saturated heterocycles. The molecule has 6 rings (SSSR count). The lowest BCUT2D eigenvalue weighted by Gasteiger charge is -2.35. The number of rotatable bonds is 3. The van der Waals surface area contributed by atoms with Crippen LogP contribution in [0.5, 0.6) is 0 Å². The maximum Gasteiger partial charge on any atom is 0.183 e. The van der Waals surface area contributed by atoms with Crippen molar-refractivity contribution in [1.29, 1.82) is 0 Å². The molecule has 8 nitrogen and oxygen atoms in total. The Kier molecular flexibility index (Phi) is 4.67. The summed E-state index contributed by atoms with van der Waals surface area (Å²) in [5.41, 5.74) is 2.15. The summed E-state index contributed by atoms with van der Waals surface area (Å²) in [5.74, 6) is 4.07. The average Bonchev–Trinajstić information content (AvgIpc) is 3.41. The van der Waals surface area contributed by atoms with Crippen LogP contribution in [0.25, 0.3) is 21.7 Å². The Balaban J connectivity index is 1.53. The first-order chi connectivity index (χ1) is 15.6. The van der Waals surface area contributed by atoms with Crippen molar-refractivity contribution < 1.29 is 0 Å². The zero-order valence-electron chi connectivity index (χ0n) is 18.6. The zero-order valence-corrected chi connectivity index (χ0v) is 19.4. The number of hydrogen-bond donors (Lipinski definition) is 0. The number of thiophene rings is 1. The van der Waals surface area contributed by atoms with Crippen molar-refractivity contribution in [1.82, 2.24) is 34.7 Å². The Morgan fingerprint density at radius 1 is 1.06 bits per heavy atom. The Labute approximate surface area is 190 Å². The van der Waals surface area contributed by atoms with Gasteiger partial charge >= 0.3 is 0 Å². The predicted molar refractivity (Wildman–Crippen MR) is 125 cm³/mol. The molecule has 0 fully saturated rings. The van der Waals surface area contributed by atoms with Gasteiger partial charge in [0.05, 0.1) is 17.6 Å². The number of aromatic nitrogens is 7. The topological polar surface area (TPSA) is 85.5 Å². The summed E-state index contributed by atoms with van der Waals surface area (Å²) in [5, 5.41) is 10.3. The van der Waals surface area contributed by atoms with Crippen molar-refractivity contribution in [3.05, 3.63) is 40.7 Å². The number of fused-ring (bicyclic) bond motifs is 4. The maximum atomic E-state index is 5.10. The van der Waals surface area contributed by atoms with Crippen LogP contribution in [0.2, 0.25) is 0 Å². The van der Waals surface area contributed by atoms with Crippen LogP contribution < -0.4 is 4.90 Å². The SMILES string of the molecule is CC(C)c1nnc2n1CCN(c1nc(-c3cnccn3)nc3sc4c(c13)CCCC4)C2C. The second-order valence-electron chi connectivity index (χ2n) is 8.94. The third-order valence-corrected chi connectivity index (χ3v) is 7.78. The largest absolute Gasteiger partial charge is 0.344 e. The molecule has 1 aliphatic carbocycles. The normalized spacial score (nSPS) is 18.2. The summed E-state index contributed by atoms with van der Waals surface area (Å²) >= 11 is 1.82. The molecule has 2 aliphatic rings. The first-order valence-corrected chi connectivity index (χ1v) is 12.2. The molecule has 1 aliphatic heterocycles. The second-order valence-corrected chi connectivity index (χ2v) is 10.0. The van der Waals surface area contributed by atoms with E-state index in [1.54, 1.807) is 18.6 Å². The predicted octanol–water partition coefficient (Wildman–Crippen LogP) is 4.32. The summed E-state index contributed by atoms with van der Waals surface area (Å²) in [6, 6.07) is 0.0794. The Morgan fingerprint density at radius 3 is 2.75 bits per heavy atom. The van der Waals surface area contributed by atoms with Gasteiger partial charge in [0.15, 0.2) is 11.6 Å². The van der Waals surface area contributed by atoms with Crippen molar-refractivity contribution >= 4 is 27.4 Å². The summed E-state index contributed by atoms with van der Waals surface area (Å²) < 4.78 is 2.29. The maximum absolute atomic E-state index is 5.10. The van der Waals surface area contributed by atoms with E-state index >= 15 is 0 Å². The Morgan fingerprint density at radius 2 is 1.94 bits per heavy atom. The van der Waals surface area contributed by atoms with E-state index in [1.807, 2.05) is 11.3 Å². The van der Waals surface area contributed by atoms with Crippen LogP contribution in [0.15, 0.2) is 18.6 Å². The highest BCUT2D eigenvalue weighted by atomic mass is 32.1. The van der Waals surface area contributed by atoms with Gasteiger partial charge in [0.1, 0.15) is 22.2 Å². The molecule has 0 bridgehead atoms. The lowest BCUT2D eigenvalue weighted by atomic mass is 9.96. The molecule has 0 aromatic carbocycles. The molecule has 4 aromatic heterocycles. The molecule has 0 saturated carbocycles. The van der Waals surface area contributed by atoms with Gasteiger partial charge in [0.25, 0.3) is 0 Å². The Hall–Kier alpha value is -2.94. The fourth-order valence-corrected chi connectivity index (χ4v) is 6.25. The molecular formula is C23H26N8S. The summed E-state index contributed by atoms with van der Waals surface area (Å²) in [4.78, 5) is 23.7. The van der Waals surface area contributed by atoms with Crippen LogP contribution in [-0.2, 0) is 19.4 Å². The second kappa shape index (κ2) is 7.58. The van der Waals surface area contributed by atoms with Crippen LogP contribution in [0.1, 0.15) is 67.7 Å². The van der Waals surface area contributed by atoms with Crippen molar-refractivity contribution in [3.8, 4) is 11.5 Å². The van der Waals surface area contributed by atoms with Crippen LogP contribution in [0.4, 0.5) is 5.82 Å². The van der Waals surface area contributed by atoms with Gasteiger partial charge in [-0.05, 0) is 38.2 Å². The first-order valence-electron chi connectivity index (χ1n) is 11.4. The summed E-state index contributed by atoms with van der Waals surface area (Å²) in [7, 11) is 0. The van der Waals surface area contributed by atoms with Gasteiger partial charge in [-0.15, -0.1) is 21.5 Å². The van der Waals surface area contributed by atoms with Crippen LogP contribution in [0, 0.1) is 0 Å².